The van der Waals surface area contributed by atoms with Crippen LogP contribution in [0.1, 0.15) is 50.6 Å². The predicted octanol–water partition coefficient (Wildman–Crippen LogP) is 1.93. The van der Waals surface area contributed by atoms with Crippen LogP contribution in [0.25, 0.3) is 5.78 Å². The number of nitrogen functional groups attached to an aromatic ring is 1. The number of nitrogens with zero attached hydrogens (tertiary/aromatic N) is 4. The van der Waals surface area contributed by atoms with Crippen molar-refractivity contribution in [2.75, 3.05) is 12.8 Å². The van der Waals surface area contributed by atoms with Crippen molar-refractivity contribution < 1.29 is 9.53 Å². The molecular formula is C14H21N5O2. The number of carbonyl (C=O) groups excluding carboxylic acids is 1. The Bertz CT molecular complexity index is 610. The van der Waals surface area contributed by atoms with E-state index in [4.69, 9.17) is 10.5 Å². The second-order valence-electron chi connectivity index (χ2n) is 4.98. The highest BCUT2D eigenvalue weighted by atomic mass is 16.5. The van der Waals surface area contributed by atoms with Crippen LogP contribution in [-0.4, -0.2) is 32.7 Å². The number of hydrogen-bond acceptors (Lipinski definition) is 6. The molecule has 21 heavy (non-hydrogen) atoms. The van der Waals surface area contributed by atoms with Crippen LogP contribution in [0, 0.1) is 0 Å². The van der Waals surface area contributed by atoms with Gasteiger partial charge in [0.25, 0.3) is 5.78 Å². The summed E-state index contributed by atoms with van der Waals surface area (Å²) >= 11 is 0. The van der Waals surface area contributed by atoms with Gasteiger partial charge in [-0.15, -0.1) is 5.10 Å². The molecule has 7 heteroatoms. The molecule has 0 aromatic carbocycles. The fourth-order valence-electron chi connectivity index (χ4n) is 2.39. The maximum absolute atomic E-state index is 12.1. The standard InChI is InChI=1S/C14H21N5O2/c1-3-4-5-6-7-10(12(20)21-2)11-8-9-16-14-17-13(15)18-19(11)14/h8-10H,3-7H2,1-2H3,(H2,15,18). The van der Waals surface area contributed by atoms with Gasteiger partial charge in [0.15, 0.2) is 0 Å². The first-order valence-corrected chi connectivity index (χ1v) is 7.22. The van der Waals surface area contributed by atoms with Crippen molar-refractivity contribution in [3.8, 4) is 0 Å². The minimum atomic E-state index is -0.376. The molecule has 2 aromatic rings. The smallest absolute Gasteiger partial charge is 0.314 e. The molecule has 0 aliphatic heterocycles. The lowest BCUT2D eigenvalue weighted by Crippen LogP contribution is -2.18. The van der Waals surface area contributed by atoms with E-state index < -0.39 is 0 Å². The maximum atomic E-state index is 12.1. The monoisotopic (exact) mass is 291 g/mol. The molecule has 1 atom stereocenters. The average molecular weight is 291 g/mol. The second kappa shape index (κ2) is 7.01. The second-order valence-corrected chi connectivity index (χ2v) is 4.98. The van der Waals surface area contributed by atoms with E-state index in [9.17, 15) is 4.79 Å². The summed E-state index contributed by atoms with van der Waals surface area (Å²) in [5.74, 6) is -0.108. The van der Waals surface area contributed by atoms with Crippen molar-refractivity contribution in [2.24, 2.45) is 0 Å². The molecule has 1 unspecified atom stereocenters. The van der Waals surface area contributed by atoms with Crippen LogP contribution >= 0.6 is 0 Å². The molecule has 2 heterocycles. The third-order valence-corrected chi connectivity index (χ3v) is 3.48. The third kappa shape index (κ3) is 3.48. The first-order chi connectivity index (χ1) is 10.2. The maximum Gasteiger partial charge on any atom is 0.314 e. The quantitative estimate of drug-likeness (QED) is 0.618. The largest absolute Gasteiger partial charge is 0.469 e. The lowest BCUT2D eigenvalue weighted by Gasteiger charge is -2.15. The van der Waals surface area contributed by atoms with Crippen molar-refractivity contribution in [1.82, 2.24) is 19.6 Å². The van der Waals surface area contributed by atoms with Gasteiger partial charge in [-0.05, 0) is 12.5 Å². The van der Waals surface area contributed by atoms with Crippen LogP contribution < -0.4 is 5.73 Å². The summed E-state index contributed by atoms with van der Waals surface area (Å²) < 4.78 is 6.45. The van der Waals surface area contributed by atoms with Crippen LogP contribution in [0.15, 0.2) is 12.3 Å². The number of hydrogen-bond donors (Lipinski definition) is 1. The van der Waals surface area contributed by atoms with Gasteiger partial charge in [-0.1, -0.05) is 32.6 Å². The summed E-state index contributed by atoms with van der Waals surface area (Å²) in [6.07, 6.45) is 6.70. The molecule has 0 bridgehead atoms. The predicted molar refractivity (Wildman–Crippen MR) is 78.7 cm³/mol. The topological polar surface area (TPSA) is 95.4 Å². The van der Waals surface area contributed by atoms with Gasteiger partial charge in [0, 0.05) is 6.20 Å². The molecule has 0 aliphatic carbocycles. The Morgan fingerprint density at radius 3 is 2.95 bits per heavy atom. The number of aromatic nitrogens is 4. The molecule has 2 N–H and O–H groups in total. The van der Waals surface area contributed by atoms with Crippen LogP contribution in [0.5, 0.6) is 0 Å². The molecule has 0 spiro atoms. The number of carbonyl (C=O) groups is 1. The molecule has 0 radical (unpaired) electrons. The number of ether oxygens (including phenoxy) is 1. The zero-order chi connectivity index (χ0) is 15.2. The van der Waals surface area contributed by atoms with E-state index in [0.717, 1.165) is 25.7 Å². The Morgan fingerprint density at radius 1 is 1.43 bits per heavy atom. The van der Waals surface area contributed by atoms with Crippen molar-refractivity contribution in [3.05, 3.63) is 18.0 Å². The number of rotatable bonds is 7. The molecule has 2 rings (SSSR count). The minimum Gasteiger partial charge on any atom is -0.469 e. The lowest BCUT2D eigenvalue weighted by molar-refractivity contribution is -0.142. The van der Waals surface area contributed by atoms with Gasteiger partial charge in [-0.25, -0.2) is 4.98 Å². The van der Waals surface area contributed by atoms with Crippen LogP contribution in [0.2, 0.25) is 0 Å². The van der Waals surface area contributed by atoms with E-state index >= 15 is 0 Å². The number of nitrogens with two attached hydrogens (primary N) is 1. The number of fused-ring (bicyclic) bond motifs is 1. The van der Waals surface area contributed by atoms with Crippen molar-refractivity contribution in [1.29, 1.82) is 0 Å². The van der Waals surface area contributed by atoms with Gasteiger partial charge in [0.1, 0.15) is 0 Å². The molecule has 0 fully saturated rings. The summed E-state index contributed by atoms with van der Waals surface area (Å²) in [6, 6.07) is 1.77. The van der Waals surface area contributed by atoms with Gasteiger partial charge < -0.3 is 10.5 Å². The highest BCUT2D eigenvalue weighted by Gasteiger charge is 2.24. The summed E-state index contributed by atoms with van der Waals surface area (Å²) in [5, 5.41) is 4.11. The molecule has 0 saturated carbocycles. The first-order valence-electron chi connectivity index (χ1n) is 7.22. The fraction of sp³-hybridized carbons (Fsp3) is 0.571. The summed E-state index contributed by atoms with van der Waals surface area (Å²) in [4.78, 5) is 20.2. The molecule has 0 saturated heterocycles. The van der Waals surface area contributed by atoms with Crippen LogP contribution in [-0.2, 0) is 9.53 Å². The van der Waals surface area contributed by atoms with E-state index in [2.05, 4.69) is 22.0 Å². The molecule has 0 aliphatic rings. The van der Waals surface area contributed by atoms with Gasteiger partial charge in [0.2, 0.25) is 5.95 Å². The Balaban J connectivity index is 2.27. The Morgan fingerprint density at radius 2 is 2.24 bits per heavy atom. The van der Waals surface area contributed by atoms with Crippen LogP contribution in [0.3, 0.4) is 0 Å². The number of esters is 1. The van der Waals surface area contributed by atoms with Gasteiger partial charge in [-0.3, -0.25) is 4.79 Å². The molecule has 2 aromatic heterocycles. The molecule has 114 valence electrons. The van der Waals surface area contributed by atoms with E-state index in [-0.39, 0.29) is 17.8 Å². The SMILES string of the molecule is CCCCCCC(C(=O)OC)c1ccnc2nc(N)nn12. The third-order valence-electron chi connectivity index (χ3n) is 3.48. The lowest BCUT2D eigenvalue weighted by atomic mass is 9.97. The zero-order valence-electron chi connectivity index (χ0n) is 12.5. The minimum absolute atomic E-state index is 0.143. The van der Waals surface area contributed by atoms with Gasteiger partial charge >= 0.3 is 5.97 Å². The highest BCUT2D eigenvalue weighted by Crippen LogP contribution is 2.24. The fourth-order valence-corrected chi connectivity index (χ4v) is 2.39. The van der Waals surface area contributed by atoms with Gasteiger partial charge in [0.05, 0.1) is 18.7 Å². The van der Waals surface area contributed by atoms with E-state index in [1.54, 1.807) is 12.3 Å². The summed E-state index contributed by atoms with van der Waals surface area (Å²) in [6.45, 7) is 2.16. The molecular weight excluding hydrogens is 270 g/mol. The number of anilines is 1. The van der Waals surface area contributed by atoms with Crippen molar-refractivity contribution in [2.45, 2.75) is 44.9 Å². The first kappa shape index (κ1) is 15.2. The van der Waals surface area contributed by atoms with E-state index in [1.165, 1.54) is 11.6 Å². The van der Waals surface area contributed by atoms with Crippen molar-refractivity contribution >= 4 is 17.7 Å². The Labute approximate surface area is 123 Å². The number of unbranched alkanes of at least 4 members (excludes halogenated alkanes) is 3. The Hall–Kier alpha value is -2.18. The van der Waals surface area contributed by atoms with Crippen LogP contribution in [0.4, 0.5) is 5.95 Å². The van der Waals surface area contributed by atoms with E-state index in [0.29, 0.717) is 17.9 Å². The molecule has 7 nitrogen and oxygen atoms in total. The van der Waals surface area contributed by atoms with Crippen molar-refractivity contribution in [3.63, 3.8) is 0 Å². The normalized spacial score (nSPS) is 12.5. The van der Waals surface area contributed by atoms with Gasteiger partial charge in [-0.2, -0.15) is 9.50 Å². The van der Waals surface area contributed by atoms with E-state index in [1.807, 2.05) is 0 Å². The average Bonchev–Trinajstić information content (AvgIpc) is 2.87. The summed E-state index contributed by atoms with van der Waals surface area (Å²) in [7, 11) is 1.40. The highest BCUT2D eigenvalue weighted by molar-refractivity contribution is 5.77. The summed E-state index contributed by atoms with van der Waals surface area (Å²) in [5.41, 5.74) is 6.32. The zero-order valence-corrected chi connectivity index (χ0v) is 12.5. The molecule has 0 amide bonds. The number of methoxy groups -OCH3 is 1. The Kier molecular flexibility index (Phi) is 5.08.